The van der Waals surface area contributed by atoms with Crippen molar-refractivity contribution in [2.75, 3.05) is 37.6 Å². The van der Waals surface area contributed by atoms with Crippen molar-refractivity contribution in [3.05, 3.63) is 56.8 Å². The van der Waals surface area contributed by atoms with Gasteiger partial charge in [-0.2, -0.15) is 0 Å². The van der Waals surface area contributed by atoms with Crippen molar-refractivity contribution in [2.24, 2.45) is 0 Å². The number of carbonyl (C=O) groups excluding carboxylic acids is 2. The zero-order valence-corrected chi connectivity index (χ0v) is 14.8. The number of nitrogens with zero attached hydrogens (tertiary/aromatic N) is 3. The molecule has 2 aromatic rings. The first-order valence-electron chi connectivity index (χ1n) is 8.13. The van der Waals surface area contributed by atoms with E-state index in [0.717, 1.165) is 5.69 Å². The number of nitrogens with one attached hydrogen (secondary N) is 1. The summed E-state index contributed by atoms with van der Waals surface area (Å²) in [6.07, 6.45) is 0. The fourth-order valence-corrected chi connectivity index (χ4v) is 3.40. The third-order valence-electron chi connectivity index (χ3n) is 4.20. The average Bonchev–Trinajstić information content (AvgIpc) is 3.21. The molecule has 0 bridgehead atoms. The van der Waals surface area contributed by atoms with Crippen LogP contribution in [-0.2, 0) is 4.79 Å². The summed E-state index contributed by atoms with van der Waals surface area (Å²) < 4.78 is 0. The summed E-state index contributed by atoms with van der Waals surface area (Å²) in [4.78, 5) is 38.8. The van der Waals surface area contributed by atoms with Crippen molar-refractivity contribution in [3.8, 4) is 0 Å². The second kappa shape index (κ2) is 7.96. The van der Waals surface area contributed by atoms with Gasteiger partial charge in [0, 0.05) is 44.0 Å². The molecule has 9 heteroatoms. The SMILES string of the molecule is O=C(NCC(=O)N1CCN(c2ccc([N+](=O)[O-])cc2)CC1)c1cccs1. The Bertz CT molecular complexity index is 784. The Balaban J connectivity index is 1.47. The largest absolute Gasteiger partial charge is 0.368 e. The minimum Gasteiger partial charge on any atom is -0.368 e. The van der Waals surface area contributed by atoms with Crippen LogP contribution in [0.2, 0.25) is 0 Å². The number of non-ortho nitro benzene ring substituents is 1. The second-order valence-electron chi connectivity index (χ2n) is 5.80. The van der Waals surface area contributed by atoms with E-state index in [9.17, 15) is 19.7 Å². The average molecular weight is 374 g/mol. The lowest BCUT2D eigenvalue weighted by Crippen LogP contribution is -2.51. The van der Waals surface area contributed by atoms with Crippen molar-refractivity contribution in [2.45, 2.75) is 0 Å². The van der Waals surface area contributed by atoms with Crippen molar-refractivity contribution in [1.82, 2.24) is 10.2 Å². The number of anilines is 1. The van der Waals surface area contributed by atoms with Gasteiger partial charge in [0.15, 0.2) is 0 Å². The normalized spacial score (nSPS) is 14.2. The van der Waals surface area contributed by atoms with Crippen molar-refractivity contribution >= 4 is 34.5 Å². The van der Waals surface area contributed by atoms with E-state index in [2.05, 4.69) is 10.2 Å². The second-order valence-corrected chi connectivity index (χ2v) is 6.75. The fourth-order valence-electron chi connectivity index (χ4n) is 2.76. The molecule has 136 valence electrons. The Hall–Kier alpha value is -2.94. The molecule has 0 radical (unpaired) electrons. The molecule has 0 spiro atoms. The maximum Gasteiger partial charge on any atom is 0.269 e. The van der Waals surface area contributed by atoms with Gasteiger partial charge in [-0.05, 0) is 23.6 Å². The maximum absolute atomic E-state index is 12.3. The van der Waals surface area contributed by atoms with E-state index in [1.54, 1.807) is 29.2 Å². The van der Waals surface area contributed by atoms with Gasteiger partial charge in [-0.25, -0.2) is 0 Å². The Labute approximate surface area is 154 Å². The van der Waals surface area contributed by atoms with Crippen LogP contribution in [0.25, 0.3) is 0 Å². The molecule has 0 atom stereocenters. The Morgan fingerprint density at radius 1 is 1.12 bits per heavy atom. The standard InChI is InChI=1S/C17H18N4O4S/c22-16(12-18-17(23)15-2-1-11-26-15)20-9-7-19(8-10-20)13-3-5-14(6-4-13)21(24)25/h1-6,11H,7-10,12H2,(H,18,23). The van der Waals surface area contributed by atoms with E-state index < -0.39 is 4.92 Å². The van der Waals surface area contributed by atoms with Crippen LogP contribution >= 0.6 is 11.3 Å². The monoisotopic (exact) mass is 374 g/mol. The van der Waals surface area contributed by atoms with Crippen LogP contribution in [0, 0.1) is 10.1 Å². The van der Waals surface area contributed by atoms with Gasteiger partial charge in [-0.1, -0.05) is 6.07 Å². The van der Waals surface area contributed by atoms with Gasteiger partial charge in [0.25, 0.3) is 11.6 Å². The summed E-state index contributed by atoms with van der Waals surface area (Å²) >= 11 is 1.33. The molecular weight excluding hydrogens is 356 g/mol. The molecule has 26 heavy (non-hydrogen) atoms. The van der Waals surface area contributed by atoms with Crippen LogP contribution in [0.4, 0.5) is 11.4 Å². The number of amides is 2. The van der Waals surface area contributed by atoms with Crippen LogP contribution in [0.15, 0.2) is 41.8 Å². The third kappa shape index (κ3) is 4.17. The first kappa shape index (κ1) is 17.9. The van der Waals surface area contributed by atoms with Gasteiger partial charge >= 0.3 is 0 Å². The number of carbonyl (C=O) groups is 2. The minimum absolute atomic E-state index is 0.0196. The van der Waals surface area contributed by atoms with Gasteiger partial charge in [0.1, 0.15) is 0 Å². The molecule has 1 aromatic heterocycles. The molecule has 0 unspecified atom stereocenters. The first-order chi connectivity index (χ1) is 12.5. The summed E-state index contributed by atoms with van der Waals surface area (Å²) in [6, 6.07) is 9.90. The highest BCUT2D eigenvalue weighted by molar-refractivity contribution is 7.12. The summed E-state index contributed by atoms with van der Waals surface area (Å²) in [5.74, 6) is -0.351. The number of thiophene rings is 1. The summed E-state index contributed by atoms with van der Waals surface area (Å²) in [5.41, 5.74) is 0.956. The number of piperazine rings is 1. The lowest BCUT2D eigenvalue weighted by Gasteiger charge is -2.36. The number of nitro groups is 1. The molecule has 1 fully saturated rings. The quantitative estimate of drug-likeness (QED) is 0.635. The van der Waals surface area contributed by atoms with Crippen molar-refractivity contribution in [1.29, 1.82) is 0 Å². The maximum atomic E-state index is 12.3. The number of benzene rings is 1. The molecule has 3 rings (SSSR count). The Morgan fingerprint density at radius 2 is 1.81 bits per heavy atom. The topological polar surface area (TPSA) is 95.8 Å². The van der Waals surface area contributed by atoms with Gasteiger partial charge in [0.05, 0.1) is 16.3 Å². The van der Waals surface area contributed by atoms with E-state index in [0.29, 0.717) is 31.1 Å². The van der Waals surface area contributed by atoms with E-state index in [1.807, 2.05) is 5.38 Å². The van der Waals surface area contributed by atoms with Crippen LogP contribution in [-0.4, -0.2) is 54.4 Å². The molecule has 1 saturated heterocycles. The van der Waals surface area contributed by atoms with E-state index in [1.165, 1.54) is 23.5 Å². The molecule has 0 saturated carbocycles. The molecule has 1 aliphatic heterocycles. The zero-order chi connectivity index (χ0) is 18.5. The predicted molar refractivity (Wildman–Crippen MR) is 98.5 cm³/mol. The summed E-state index contributed by atoms with van der Waals surface area (Å²) in [7, 11) is 0. The number of nitro benzene ring substituents is 1. The minimum atomic E-state index is -0.426. The third-order valence-corrected chi connectivity index (χ3v) is 5.07. The smallest absolute Gasteiger partial charge is 0.269 e. The van der Waals surface area contributed by atoms with Crippen molar-refractivity contribution in [3.63, 3.8) is 0 Å². The van der Waals surface area contributed by atoms with Crippen LogP contribution in [0.1, 0.15) is 9.67 Å². The fraction of sp³-hybridized carbons (Fsp3) is 0.294. The molecule has 2 heterocycles. The van der Waals surface area contributed by atoms with Gasteiger partial charge in [-0.3, -0.25) is 19.7 Å². The van der Waals surface area contributed by atoms with Crippen molar-refractivity contribution < 1.29 is 14.5 Å². The predicted octanol–water partition coefficient (Wildman–Crippen LogP) is 1.73. The van der Waals surface area contributed by atoms with E-state index in [-0.39, 0.29) is 24.0 Å². The Morgan fingerprint density at radius 3 is 2.38 bits per heavy atom. The highest BCUT2D eigenvalue weighted by atomic mass is 32.1. The zero-order valence-electron chi connectivity index (χ0n) is 14.0. The lowest BCUT2D eigenvalue weighted by molar-refractivity contribution is -0.384. The molecule has 1 aliphatic rings. The number of hydrogen-bond donors (Lipinski definition) is 1. The van der Waals surface area contributed by atoms with Gasteiger partial charge < -0.3 is 15.1 Å². The van der Waals surface area contributed by atoms with E-state index >= 15 is 0 Å². The van der Waals surface area contributed by atoms with Gasteiger partial charge in [-0.15, -0.1) is 11.3 Å². The van der Waals surface area contributed by atoms with E-state index in [4.69, 9.17) is 0 Å². The number of hydrogen-bond acceptors (Lipinski definition) is 6. The molecular formula is C17H18N4O4S. The summed E-state index contributed by atoms with van der Waals surface area (Å²) in [5, 5.41) is 15.2. The molecule has 0 aliphatic carbocycles. The highest BCUT2D eigenvalue weighted by Gasteiger charge is 2.22. The Kier molecular flexibility index (Phi) is 5.47. The molecule has 1 N–H and O–H groups in total. The summed E-state index contributed by atoms with van der Waals surface area (Å²) in [6.45, 7) is 2.36. The molecule has 2 amide bonds. The highest BCUT2D eigenvalue weighted by Crippen LogP contribution is 2.20. The van der Waals surface area contributed by atoms with Gasteiger partial charge in [0.2, 0.25) is 5.91 Å². The first-order valence-corrected chi connectivity index (χ1v) is 9.01. The molecule has 8 nitrogen and oxygen atoms in total. The van der Waals surface area contributed by atoms with Crippen LogP contribution < -0.4 is 10.2 Å². The van der Waals surface area contributed by atoms with Crippen LogP contribution in [0.5, 0.6) is 0 Å². The molecule has 1 aromatic carbocycles. The number of rotatable bonds is 5. The van der Waals surface area contributed by atoms with Crippen LogP contribution in [0.3, 0.4) is 0 Å². The lowest BCUT2D eigenvalue weighted by atomic mass is 10.2.